The molecule has 5 rings (SSSR count). The first-order valence-corrected chi connectivity index (χ1v) is 24.8. The van der Waals surface area contributed by atoms with Crippen molar-refractivity contribution in [2.45, 2.75) is 143 Å². The molecule has 0 heterocycles. The maximum Gasteiger partial charge on any atom is 0.331 e. The Morgan fingerprint density at radius 3 is 1.94 bits per heavy atom. The highest BCUT2D eigenvalue weighted by atomic mass is 28.4. The number of rotatable bonds is 13. The van der Waals surface area contributed by atoms with Gasteiger partial charge in [-0.25, -0.2) is 4.79 Å². The number of carbonyl (C=O) groups is 2. The molecule has 3 aliphatic rings. The predicted octanol–water partition coefficient (Wildman–Crippen LogP) is 8.70. The maximum atomic E-state index is 14.5. The maximum absolute atomic E-state index is 14.5. The van der Waals surface area contributed by atoms with Crippen molar-refractivity contribution >= 4 is 38.8 Å². The first-order chi connectivity index (χ1) is 24.6. The highest BCUT2D eigenvalue weighted by Crippen LogP contribution is 2.68. The van der Waals surface area contributed by atoms with Crippen molar-refractivity contribution in [2.24, 2.45) is 34.0 Å². The van der Waals surface area contributed by atoms with E-state index >= 15 is 0 Å². The van der Waals surface area contributed by atoms with Crippen LogP contribution in [0.4, 0.5) is 0 Å². The molecule has 0 amide bonds. The summed E-state index contributed by atoms with van der Waals surface area (Å²) in [6.45, 7) is 22.5. The van der Waals surface area contributed by atoms with Gasteiger partial charge in [-0.3, -0.25) is 4.79 Å². The van der Waals surface area contributed by atoms with E-state index in [4.69, 9.17) is 13.6 Å². The molecule has 6 nitrogen and oxygen atoms in total. The zero-order chi connectivity index (χ0) is 38.2. The van der Waals surface area contributed by atoms with E-state index < -0.39 is 45.6 Å². The Bertz CT molecular complexity index is 1470. The van der Waals surface area contributed by atoms with E-state index in [-0.39, 0.29) is 40.6 Å². The van der Waals surface area contributed by atoms with Crippen LogP contribution in [0, 0.1) is 34.0 Å². The van der Waals surface area contributed by atoms with Crippen molar-refractivity contribution in [3.05, 3.63) is 60.7 Å². The first kappa shape index (κ1) is 41.1. The van der Waals surface area contributed by atoms with Gasteiger partial charge in [0, 0.05) is 29.8 Å². The summed E-state index contributed by atoms with van der Waals surface area (Å²) in [7, 11) is -5.00. The second-order valence-electron chi connectivity index (χ2n) is 18.1. The topological polar surface area (TPSA) is 82.1 Å². The van der Waals surface area contributed by atoms with Crippen molar-refractivity contribution in [2.75, 3.05) is 13.2 Å². The molecule has 2 aromatic carbocycles. The summed E-state index contributed by atoms with van der Waals surface area (Å²) in [5.41, 5.74) is -1.53. The second-order valence-corrected chi connectivity index (χ2v) is 27.1. The van der Waals surface area contributed by atoms with E-state index in [1.807, 2.05) is 36.4 Å². The normalized spacial score (nSPS) is 32.5. The average Bonchev–Trinajstić information content (AvgIpc) is 3.50. The van der Waals surface area contributed by atoms with Crippen LogP contribution < -0.4 is 10.4 Å². The van der Waals surface area contributed by atoms with E-state index in [2.05, 4.69) is 93.5 Å². The number of aliphatic hydroxyl groups excluding tert-OH is 1. The molecule has 1 N–H and O–H groups in total. The van der Waals surface area contributed by atoms with Gasteiger partial charge in [0.2, 0.25) is 0 Å². The van der Waals surface area contributed by atoms with Crippen LogP contribution in [0.3, 0.4) is 0 Å². The zero-order valence-corrected chi connectivity index (χ0v) is 35.9. The molecule has 3 saturated carbocycles. The van der Waals surface area contributed by atoms with Crippen LogP contribution in [-0.4, -0.2) is 58.9 Å². The quantitative estimate of drug-likeness (QED) is 0.163. The Morgan fingerprint density at radius 1 is 0.885 bits per heavy atom. The summed E-state index contributed by atoms with van der Waals surface area (Å²) in [5.74, 6) is -0.310. The largest absolute Gasteiger partial charge is 0.460 e. The average molecular weight is 749 g/mol. The molecule has 3 fully saturated rings. The molecule has 8 atom stereocenters. The molecule has 0 aliphatic heterocycles. The lowest BCUT2D eigenvalue weighted by atomic mass is 9.43. The molecule has 52 heavy (non-hydrogen) atoms. The van der Waals surface area contributed by atoms with Crippen molar-refractivity contribution in [1.29, 1.82) is 0 Å². The zero-order valence-electron chi connectivity index (χ0n) is 33.9. The van der Waals surface area contributed by atoms with E-state index in [1.165, 1.54) is 0 Å². The molecule has 2 aromatic rings. The van der Waals surface area contributed by atoms with E-state index in [9.17, 15) is 14.7 Å². The predicted molar refractivity (Wildman–Crippen MR) is 216 cm³/mol. The van der Waals surface area contributed by atoms with Gasteiger partial charge < -0.3 is 18.7 Å². The standard InChI is InChI=1S/C44H68O6Si2/c1-11-43(31-49-51(12-2,13-3)14-4)29-37(42(10)32(5)25-27-44(33(6)40(43)47)28-26-36(45)39(42)44)50-38(46)30-48-52(41(7,8)9,34-21-17-15-18-22-34)35-23-19-16-20-24-35/h15-24,32-33,37,39-40,47H,11-14,25-31H2,1-10H3/t32-,33+,37-,39?,40+,42+,43-,44+/m1/s1. The number of ketones is 1. The number of benzene rings is 2. The number of hydrogen-bond acceptors (Lipinski definition) is 6. The van der Waals surface area contributed by atoms with Gasteiger partial charge in [-0.2, -0.15) is 0 Å². The van der Waals surface area contributed by atoms with Crippen LogP contribution >= 0.6 is 0 Å². The third-order valence-corrected chi connectivity index (χ3v) is 24.8. The number of hydrogen-bond donors (Lipinski definition) is 1. The summed E-state index contributed by atoms with van der Waals surface area (Å²) in [6, 6.07) is 23.8. The first-order valence-electron chi connectivity index (χ1n) is 20.4. The Morgan fingerprint density at radius 2 is 1.44 bits per heavy atom. The Balaban J connectivity index is 1.57. The smallest absolute Gasteiger partial charge is 0.331 e. The number of Topliss-reactive ketones (excluding diaryl/α,β-unsaturated/α-hetero) is 1. The SMILES string of the molecule is CC[C@]1(CO[Si](CC)(CC)CC)C[C@@H](OC(=O)CO[Si](c2ccccc2)(c2ccccc2)C(C)(C)C)[C@@]2(C)C3C(=O)CC[C@@]3(CC[C@H]2C)[C@@H](C)[C@@H]1O. The number of esters is 1. The fraction of sp³-hybridized carbons (Fsp3) is 0.682. The van der Waals surface area contributed by atoms with Crippen LogP contribution in [0.15, 0.2) is 60.7 Å². The van der Waals surface area contributed by atoms with Gasteiger partial charge in [0.15, 0.2) is 8.32 Å². The monoisotopic (exact) mass is 748 g/mol. The molecule has 0 radical (unpaired) electrons. The molecule has 0 saturated heterocycles. The molecule has 2 bridgehead atoms. The van der Waals surface area contributed by atoms with Crippen LogP contribution in [0.1, 0.15) is 108 Å². The van der Waals surface area contributed by atoms with E-state index in [0.717, 1.165) is 47.8 Å². The van der Waals surface area contributed by atoms with Gasteiger partial charge in [-0.1, -0.05) is 130 Å². The van der Waals surface area contributed by atoms with Crippen LogP contribution in [0.2, 0.25) is 23.2 Å². The van der Waals surface area contributed by atoms with Crippen molar-refractivity contribution in [3.8, 4) is 0 Å². The van der Waals surface area contributed by atoms with E-state index in [1.54, 1.807) is 0 Å². The summed E-state index contributed by atoms with van der Waals surface area (Å²) < 4.78 is 21.0. The van der Waals surface area contributed by atoms with Crippen molar-refractivity contribution < 1.29 is 28.3 Å². The summed E-state index contributed by atoms with van der Waals surface area (Å²) in [4.78, 5) is 28.7. The van der Waals surface area contributed by atoms with Crippen LogP contribution in [-0.2, 0) is 23.2 Å². The molecule has 8 heteroatoms. The molecular weight excluding hydrogens is 681 g/mol. The minimum Gasteiger partial charge on any atom is -0.460 e. The lowest BCUT2D eigenvalue weighted by Gasteiger charge is -2.62. The Labute approximate surface area is 317 Å². The van der Waals surface area contributed by atoms with Gasteiger partial charge >= 0.3 is 5.97 Å². The second kappa shape index (κ2) is 15.6. The third kappa shape index (κ3) is 6.75. The van der Waals surface area contributed by atoms with E-state index in [0.29, 0.717) is 25.9 Å². The number of aliphatic hydroxyl groups is 1. The van der Waals surface area contributed by atoms with Gasteiger partial charge in [0.1, 0.15) is 18.5 Å². The Kier molecular flexibility index (Phi) is 12.3. The fourth-order valence-corrected chi connectivity index (χ4v) is 18.5. The van der Waals surface area contributed by atoms with Crippen LogP contribution in [0.5, 0.6) is 0 Å². The molecule has 3 aliphatic carbocycles. The third-order valence-electron chi connectivity index (χ3n) is 15.2. The van der Waals surface area contributed by atoms with Crippen LogP contribution in [0.25, 0.3) is 0 Å². The molecule has 1 unspecified atom stereocenters. The lowest BCUT2D eigenvalue weighted by molar-refractivity contribution is -0.218. The number of carbonyl (C=O) groups excluding carboxylic acids is 2. The Hall–Kier alpha value is -2.11. The lowest BCUT2D eigenvalue weighted by Crippen LogP contribution is -2.67. The molecule has 0 spiro atoms. The van der Waals surface area contributed by atoms with Crippen molar-refractivity contribution in [1.82, 2.24) is 0 Å². The minimum atomic E-state index is -3.00. The highest BCUT2D eigenvalue weighted by molar-refractivity contribution is 6.99. The van der Waals surface area contributed by atoms with Gasteiger partial charge in [0.05, 0.1) is 6.10 Å². The van der Waals surface area contributed by atoms with Crippen molar-refractivity contribution in [3.63, 3.8) is 0 Å². The fourth-order valence-electron chi connectivity index (χ4n) is 11.3. The van der Waals surface area contributed by atoms with Gasteiger partial charge in [0.25, 0.3) is 8.32 Å². The molecule has 288 valence electrons. The van der Waals surface area contributed by atoms with Gasteiger partial charge in [-0.05, 0) is 82.9 Å². The van der Waals surface area contributed by atoms with Gasteiger partial charge in [-0.15, -0.1) is 0 Å². The molecule has 0 aromatic heterocycles. The summed E-state index contributed by atoms with van der Waals surface area (Å²) in [5, 5.41) is 14.6. The summed E-state index contributed by atoms with van der Waals surface area (Å²) in [6.07, 6.45) is 3.06. The molecular formula is C44H68O6Si2. The number of ether oxygens (including phenoxy) is 1. The highest BCUT2D eigenvalue weighted by Gasteiger charge is 2.69. The minimum absolute atomic E-state index is 0.0737. The summed E-state index contributed by atoms with van der Waals surface area (Å²) >= 11 is 0.